The van der Waals surface area contributed by atoms with Crippen LogP contribution in [0.2, 0.25) is 0 Å². The molecule has 0 radical (unpaired) electrons. The molecule has 0 fully saturated rings. The molecule has 0 aliphatic heterocycles. The molecule has 0 aromatic carbocycles. The van der Waals surface area contributed by atoms with Crippen LogP contribution in [-0.4, -0.2) is 25.2 Å². The number of carbonyl (C=O) groups is 2. The molecule has 1 aliphatic rings. The molecule has 4 heteroatoms. The lowest BCUT2D eigenvalue weighted by Crippen LogP contribution is -2.20. The fraction of sp³-hybridized carbons (Fsp3) is 0.556. The molecule has 122 valence electrons. The van der Waals surface area contributed by atoms with Crippen molar-refractivity contribution in [3.8, 4) is 0 Å². The van der Waals surface area contributed by atoms with E-state index in [9.17, 15) is 9.59 Å². The summed E-state index contributed by atoms with van der Waals surface area (Å²) in [5.74, 6) is -0.741. The first kappa shape index (κ1) is 18.2. The van der Waals surface area contributed by atoms with Crippen LogP contribution in [0.5, 0.6) is 0 Å². The molecule has 0 saturated heterocycles. The van der Waals surface area contributed by atoms with Crippen molar-refractivity contribution in [1.29, 1.82) is 0 Å². The van der Waals surface area contributed by atoms with Gasteiger partial charge in [-0.1, -0.05) is 24.3 Å². The lowest BCUT2D eigenvalue weighted by atomic mass is 9.92. The summed E-state index contributed by atoms with van der Waals surface area (Å²) in [6.45, 7) is 4.53. The van der Waals surface area contributed by atoms with Crippen molar-refractivity contribution in [2.75, 3.05) is 13.2 Å². The zero-order valence-electron chi connectivity index (χ0n) is 13.6. The zero-order chi connectivity index (χ0) is 16.2. The van der Waals surface area contributed by atoms with Gasteiger partial charge in [-0.25, -0.2) is 9.59 Å². The summed E-state index contributed by atoms with van der Waals surface area (Å²) >= 11 is 0. The van der Waals surface area contributed by atoms with Gasteiger partial charge in [0.05, 0.1) is 13.2 Å². The molecule has 1 rings (SSSR count). The van der Waals surface area contributed by atoms with Gasteiger partial charge in [0.25, 0.3) is 0 Å². The van der Waals surface area contributed by atoms with E-state index in [0.717, 1.165) is 12.8 Å². The van der Waals surface area contributed by atoms with Crippen molar-refractivity contribution in [3.05, 3.63) is 35.5 Å². The minimum absolute atomic E-state index is 0.344. The van der Waals surface area contributed by atoms with Crippen molar-refractivity contribution in [1.82, 2.24) is 0 Å². The van der Waals surface area contributed by atoms with Gasteiger partial charge in [0, 0.05) is 11.1 Å². The Kier molecular flexibility index (Phi) is 8.96. The van der Waals surface area contributed by atoms with Gasteiger partial charge in [-0.3, -0.25) is 0 Å². The maximum atomic E-state index is 12.1. The first-order valence-electron chi connectivity index (χ1n) is 7.99. The van der Waals surface area contributed by atoms with Gasteiger partial charge < -0.3 is 9.47 Å². The van der Waals surface area contributed by atoms with Crippen LogP contribution in [0.3, 0.4) is 0 Å². The molecule has 0 unspecified atom stereocenters. The standard InChI is InChI=1S/C18H26O4/c1-3-5-9-13-21-17(19)15-11-7-8-12-16(15)18(20)22-14-10-6-4-2/h3-6H,7-14H2,1-2H3/b5-3+,6-4+. The van der Waals surface area contributed by atoms with E-state index < -0.39 is 0 Å². The first-order chi connectivity index (χ1) is 10.7. The third-order valence-electron chi connectivity index (χ3n) is 3.47. The minimum Gasteiger partial charge on any atom is -0.462 e. The first-order valence-corrected chi connectivity index (χ1v) is 7.99. The van der Waals surface area contributed by atoms with E-state index in [1.54, 1.807) is 0 Å². The van der Waals surface area contributed by atoms with Crippen LogP contribution in [0.4, 0.5) is 0 Å². The number of esters is 2. The largest absolute Gasteiger partial charge is 0.462 e. The fourth-order valence-electron chi connectivity index (χ4n) is 2.30. The van der Waals surface area contributed by atoms with Crippen LogP contribution >= 0.6 is 0 Å². The predicted octanol–water partition coefficient (Wildman–Crippen LogP) is 3.88. The van der Waals surface area contributed by atoms with Gasteiger partial charge in [0.2, 0.25) is 0 Å². The molecule has 0 aromatic heterocycles. The molecule has 0 saturated carbocycles. The fourth-order valence-corrected chi connectivity index (χ4v) is 2.30. The Morgan fingerprint density at radius 1 is 0.864 bits per heavy atom. The molecule has 0 atom stereocenters. The van der Waals surface area contributed by atoms with Gasteiger partial charge in [0.1, 0.15) is 0 Å². The van der Waals surface area contributed by atoms with E-state index in [1.807, 2.05) is 38.2 Å². The molecule has 22 heavy (non-hydrogen) atoms. The summed E-state index contributed by atoms with van der Waals surface area (Å²) in [7, 11) is 0. The molecular weight excluding hydrogens is 280 g/mol. The number of rotatable bonds is 8. The molecule has 0 aromatic rings. The predicted molar refractivity (Wildman–Crippen MR) is 86.3 cm³/mol. The van der Waals surface area contributed by atoms with Gasteiger partial charge in [-0.2, -0.15) is 0 Å². The van der Waals surface area contributed by atoms with Crippen molar-refractivity contribution in [3.63, 3.8) is 0 Å². The third kappa shape index (κ3) is 6.29. The average molecular weight is 306 g/mol. The molecule has 0 heterocycles. The molecule has 0 spiro atoms. The Balaban J connectivity index is 2.62. The number of hydrogen-bond acceptors (Lipinski definition) is 4. The second kappa shape index (κ2) is 10.8. The van der Waals surface area contributed by atoms with Crippen LogP contribution in [0, 0.1) is 0 Å². The molecule has 4 nitrogen and oxygen atoms in total. The highest BCUT2D eigenvalue weighted by Gasteiger charge is 2.25. The van der Waals surface area contributed by atoms with Gasteiger partial charge >= 0.3 is 11.9 Å². The van der Waals surface area contributed by atoms with Crippen LogP contribution < -0.4 is 0 Å². The maximum absolute atomic E-state index is 12.1. The topological polar surface area (TPSA) is 52.6 Å². The summed E-state index contributed by atoms with van der Waals surface area (Å²) in [6, 6.07) is 0. The van der Waals surface area contributed by atoms with E-state index in [0.29, 0.717) is 50.0 Å². The van der Waals surface area contributed by atoms with Crippen LogP contribution in [0.1, 0.15) is 52.4 Å². The van der Waals surface area contributed by atoms with Crippen molar-refractivity contribution >= 4 is 11.9 Å². The Hall–Kier alpha value is -1.84. The Bertz CT molecular complexity index is 416. The monoisotopic (exact) mass is 306 g/mol. The van der Waals surface area contributed by atoms with Crippen molar-refractivity contribution < 1.29 is 19.1 Å². The van der Waals surface area contributed by atoms with E-state index in [2.05, 4.69) is 0 Å². The van der Waals surface area contributed by atoms with Gasteiger partial charge in [-0.15, -0.1) is 0 Å². The van der Waals surface area contributed by atoms with Crippen LogP contribution in [0.25, 0.3) is 0 Å². The summed E-state index contributed by atoms with van der Waals surface area (Å²) in [5.41, 5.74) is 1.01. The maximum Gasteiger partial charge on any atom is 0.334 e. The zero-order valence-corrected chi connectivity index (χ0v) is 13.6. The minimum atomic E-state index is -0.371. The number of allylic oxidation sites excluding steroid dienone is 2. The molecule has 0 amide bonds. The van der Waals surface area contributed by atoms with E-state index >= 15 is 0 Å². The van der Waals surface area contributed by atoms with Crippen molar-refractivity contribution in [2.45, 2.75) is 52.4 Å². The third-order valence-corrected chi connectivity index (χ3v) is 3.47. The SMILES string of the molecule is C/C=C/CCOC(=O)C1=C(C(=O)OCC/C=C/C)CCCC1. The second-order valence-corrected chi connectivity index (χ2v) is 5.15. The lowest BCUT2D eigenvalue weighted by molar-refractivity contribution is -0.142. The number of carbonyl (C=O) groups excluding carboxylic acids is 2. The van der Waals surface area contributed by atoms with Gasteiger partial charge in [-0.05, 0) is 52.4 Å². The quantitative estimate of drug-likeness (QED) is 0.388. The second-order valence-electron chi connectivity index (χ2n) is 5.15. The number of ether oxygens (including phenoxy) is 2. The summed E-state index contributed by atoms with van der Waals surface area (Å²) in [5, 5.41) is 0. The van der Waals surface area contributed by atoms with Crippen molar-refractivity contribution in [2.24, 2.45) is 0 Å². The average Bonchev–Trinajstić information content (AvgIpc) is 2.55. The van der Waals surface area contributed by atoms with E-state index in [-0.39, 0.29) is 11.9 Å². The number of hydrogen-bond donors (Lipinski definition) is 0. The highest BCUT2D eigenvalue weighted by Crippen LogP contribution is 2.26. The Morgan fingerprint density at radius 3 is 1.64 bits per heavy atom. The Labute approximate surface area is 132 Å². The highest BCUT2D eigenvalue weighted by molar-refractivity contribution is 6.00. The molecule has 1 aliphatic carbocycles. The summed E-state index contributed by atoms with van der Waals surface area (Å²) < 4.78 is 10.5. The molecular formula is C18H26O4. The van der Waals surface area contributed by atoms with Gasteiger partial charge in [0.15, 0.2) is 0 Å². The Morgan fingerprint density at radius 2 is 1.27 bits per heavy atom. The molecule has 0 bridgehead atoms. The van der Waals surface area contributed by atoms with E-state index in [4.69, 9.17) is 9.47 Å². The smallest absolute Gasteiger partial charge is 0.334 e. The summed E-state index contributed by atoms with van der Waals surface area (Å²) in [6.07, 6.45) is 12.1. The molecule has 0 N–H and O–H groups in total. The lowest BCUT2D eigenvalue weighted by Gasteiger charge is -2.18. The summed E-state index contributed by atoms with van der Waals surface area (Å²) in [4.78, 5) is 24.3. The van der Waals surface area contributed by atoms with Crippen LogP contribution in [-0.2, 0) is 19.1 Å². The van der Waals surface area contributed by atoms with Crippen LogP contribution in [0.15, 0.2) is 35.5 Å². The highest BCUT2D eigenvalue weighted by atomic mass is 16.5. The van der Waals surface area contributed by atoms with E-state index in [1.165, 1.54) is 0 Å². The normalized spacial score (nSPS) is 15.5.